The van der Waals surface area contributed by atoms with E-state index in [-0.39, 0.29) is 0 Å². The predicted octanol–water partition coefficient (Wildman–Crippen LogP) is 4.63. The molecule has 144 valence electrons. The molecular formula is C20H35NO2S2. The van der Waals surface area contributed by atoms with E-state index >= 15 is 0 Å². The Balaban J connectivity index is 0.000000255. The van der Waals surface area contributed by atoms with Gasteiger partial charge in [0, 0.05) is 13.0 Å². The Morgan fingerprint density at radius 3 is 2.36 bits per heavy atom. The quantitative estimate of drug-likeness (QED) is 0.354. The van der Waals surface area contributed by atoms with Crippen molar-refractivity contribution in [3.63, 3.8) is 0 Å². The van der Waals surface area contributed by atoms with Crippen LogP contribution in [0.4, 0.5) is 0 Å². The van der Waals surface area contributed by atoms with Crippen LogP contribution in [-0.2, 0) is 9.47 Å². The minimum absolute atomic E-state index is 0.292. The normalized spacial score (nSPS) is 31.2. The molecule has 0 aromatic rings. The van der Waals surface area contributed by atoms with Crippen molar-refractivity contribution in [2.24, 2.45) is 11.8 Å². The third-order valence-corrected chi connectivity index (χ3v) is 5.55. The molecule has 5 atom stereocenters. The lowest BCUT2D eigenvalue weighted by Gasteiger charge is -2.15. The summed E-state index contributed by atoms with van der Waals surface area (Å²) in [5.74, 6) is 0.827. The first-order valence-electron chi connectivity index (χ1n) is 9.15. The average molecular weight is 386 g/mol. The number of thiol groups is 2. The van der Waals surface area contributed by atoms with E-state index in [1.807, 2.05) is 25.2 Å². The van der Waals surface area contributed by atoms with Gasteiger partial charge in [0.2, 0.25) is 0 Å². The van der Waals surface area contributed by atoms with Crippen molar-refractivity contribution in [3.8, 4) is 0 Å². The van der Waals surface area contributed by atoms with Crippen LogP contribution in [0.1, 0.15) is 41.0 Å². The molecule has 0 aliphatic carbocycles. The van der Waals surface area contributed by atoms with E-state index in [1.54, 1.807) is 7.11 Å². The zero-order valence-corrected chi connectivity index (χ0v) is 18.2. The van der Waals surface area contributed by atoms with Gasteiger partial charge < -0.3 is 14.8 Å². The lowest BCUT2D eigenvalue weighted by Crippen LogP contribution is -2.37. The molecule has 0 amide bonds. The number of hydrogen-bond donors (Lipinski definition) is 3. The molecule has 5 heteroatoms. The third kappa shape index (κ3) is 7.92. The summed E-state index contributed by atoms with van der Waals surface area (Å²) in [6, 6.07) is 0.440. The summed E-state index contributed by atoms with van der Waals surface area (Å²) in [5, 5.41) is 3.40. The number of hydrogen-bond acceptors (Lipinski definition) is 5. The van der Waals surface area contributed by atoms with Gasteiger partial charge in [0.1, 0.15) is 6.10 Å². The Labute approximate surface area is 165 Å². The zero-order valence-electron chi connectivity index (χ0n) is 16.4. The summed E-state index contributed by atoms with van der Waals surface area (Å²) in [4.78, 5) is 2.13. The molecule has 2 rings (SSSR count). The molecule has 2 saturated heterocycles. The molecule has 5 unspecified atom stereocenters. The first-order chi connectivity index (χ1) is 11.8. The van der Waals surface area contributed by atoms with Crippen LogP contribution in [0.15, 0.2) is 34.1 Å². The molecular weight excluding hydrogens is 350 g/mol. The zero-order chi connectivity index (χ0) is 19.0. The van der Waals surface area contributed by atoms with Gasteiger partial charge in [-0.15, -0.1) is 25.3 Å². The Hall–Kier alpha value is -0.200. The van der Waals surface area contributed by atoms with Crippen LogP contribution in [0.3, 0.4) is 0 Å². The van der Waals surface area contributed by atoms with Crippen molar-refractivity contribution in [2.75, 3.05) is 13.7 Å². The van der Waals surface area contributed by atoms with Gasteiger partial charge in [-0.25, -0.2) is 0 Å². The number of nitrogens with one attached hydrogen (secondary N) is 1. The summed E-state index contributed by atoms with van der Waals surface area (Å²) >= 11 is 8.91. The van der Waals surface area contributed by atoms with E-state index in [0.29, 0.717) is 36.2 Å². The molecule has 3 nitrogen and oxygen atoms in total. The van der Waals surface area contributed by atoms with E-state index in [1.165, 1.54) is 0 Å². The van der Waals surface area contributed by atoms with Gasteiger partial charge >= 0.3 is 0 Å². The molecule has 25 heavy (non-hydrogen) atoms. The van der Waals surface area contributed by atoms with Gasteiger partial charge in [-0.05, 0) is 42.5 Å². The fourth-order valence-corrected chi connectivity index (χ4v) is 3.62. The number of epoxide rings is 1. The molecule has 0 bridgehead atoms. The number of ether oxygens (including phenoxy) is 2. The summed E-state index contributed by atoms with van der Waals surface area (Å²) in [7, 11) is 1.78. The second-order valence-corrected chi connectivity index (χ2v) is 8.06. The fourth-order valence-electron chi connectivity index (χ4n) is 2.85. The Morgan fingerprint density at radius 2 is 1.88 bits per heavy atom. The molecule has 0 radical (unpaired) electrons. The topological polar surface area (TPSA) is 33.8 Å². The Bertz CT molecular complexity index is 488. The van der Waals surface area contributed by atoms with Gasteiger partial charge in [-0.3, -0.25) is 0 Å². The van der Waals surface area contributed by atoms with Crippen molar-refractivity contribution in [1.29, 1.82) is 0 Å². The van der Waals surface area contributed by atoms with Gasteiger partial charge in [0.15, 0.2) is 0 Å². The molecule has 2 aliphatic rings. The van der Waals surface area contributed by atoms with Crippen LogP contribution in [0, 0.1) is 11.8 Å². The Kier molecular flexibility index (Phi) is 10.5. The van der Waals surface area contributed by atoms with Crippen LogP contribution >= 0.6 is 25.3 Å². The molecule has 2 heterocycles. The highest BCUT2D eigenvalue weighted by Crippen LogP contribution is 2.30. The van der Waals surface area contributed by atoms with Crippen molar-refractivity contribution in [3.05, 3.63) is 34.1 Å². The molecule has 0 spiro atoms. The van der Waals surface area contributed by atoms with E-state index in [0.717, 1.165) is 22.8 Å². The van der Waals surface area contributed by atoms with Crippen LogP contribution in [0.2, 0.25) is 0 Å². The highest BCUT2D eigenvalue weighted by atomic mass is 32.1. The molecule has 0 aromatic carbocycles. The first kappa shape index (κ1) is 22.8. The molecule has 0 saturated carbocycles. The van der Waals surface area contributed by atoms with E-state index < -0.39 is 0 Å². The minimum atomic E-state index is 0.292. The maximum Gasteiger partial charge on any atom is 0.102 e. The second kappa shape index (κ2) is 11.5. The minimum Gasteiger partial charge on any atom is -0.380 e. The number of rotatable bonds is 6. The van der Waals surface area contributed by atoms with Crippen LogP contribution in [-0.4, -0.2) is 38.0 Å². The predicted molar refractivity (Wildman–Crippen MR) is 114 cm³/mol. The van der Waals surface area contributed by atoms with Crippen LogP contribution < -0.4 is 5.32 Å². The van der Waals surface area contributed by atoms with E-state index in [9.17, 15) is 0 Å². The van der Waals surface area contributed by atoms with E-state index in [2.05, 4.69) is 64.3 Å². The highest BCUT2D eigenvalue weighted by molar-refractivity contribution is 7.85. The van der Waals surface area contributed by atoms with Gasteiger partial charge in [0.25, 0.3) is 0 Å². The van der Waals surface area contributed by atoms with E-state index in [4.69, 9.17) is 9.47 Å². The van der Waals surface area contributed by atoms with Gasteiger partial charge in [0.05, 0.1) is 18.2 Å². The van der Waals surface area contributed by atoms with Crippen molar-refractivity contribution in [1.82, 2.24) is 5.32 Å². The molecule has 2 aliphatic heterocycles. The molecule has 2 fully saturated rings. The largest absolute Gasteiger partial charge is 0.380 e. The SMILES string of the molecule is C/C=C\C=C(/S)C(C)/C(S)=C/C(C)C.COC1CCNC1C1OC1C. The van der Waals surface area contributed by atoms with Gasteiger partial charge in [-0.2, -0.15) is 0 Å². The summed E-state index contributed by atoms with van der Waals surface area (Å²) in [6.45, 7) is 11.6. The summed E-state index contributed by atoms with van der Waals surface area (Å²) in [5.41, 5.74) is 0. The molecule has 0 aromatic heterocycles. The first-order valence-corrected chi connectivity index (χ1v) is 10.0. The Morgan fingerprint density at radius 1 is 1.24 bits per heavy atom. The van der Waals surface area contributed by atoms with Crippen LogP contribution in [0.5, 0.6) is 0 Å². The standard InChI is InChI=1S/C12H20S2.C8H15NO2/c1-5-6-7-11(13)10(4)12(14)8-9(2)3;1-5-8(11-5)7-6(10-2)3-4-9-7/h5-10,13-14H,1-4H3;5-9H,3-4H2,1-2H3/b6-5-,11-7-,12-8-;. The highest BCUT2D eigenvalue weighted by Gasteiger charge is 2.46. The fraction of sp³-hybridized carbons (Fsp3) is 0.700. The number of methoxy groups -OCH3 is 1. The maximum atomic E-state index is 5.39. The van der Waals surface area contributed by atoms with Crippen LogP contribution in [0.25, 0.3) is 0 Å². The summed E-state index contributed by atoms with van der Waals surface area (Å²) < 4.78 is 10.7. The lowest BCUT2D eigenvalue weighted by molar-refractivity contribution is 0.0827. The van der Waals surface area contributed by atoms with Crippen molar-refractivity contribution in [2.45, 2.75) is 65.4 Å². The van der Waals surface area contributed by atoms with Gasteiger partial charge in [-0.1, -0.05) is 45.1 Å². The second-order valence-electron chi connectivity index (χ2n) is 7.02. The smallest absolute Gasteiger partial charge is 0.102 e. The lowest BCUT2D eigenvalue weighted by atomic mass is 10.1. The molecule has 1 N–H and O–H groups in total. The third-order valence-electron chi connectivity index (χ3n) is 4.47. The van der Waals surface area contributed by atoms with Crippen molar-refractivity contribution < 1.29 is 9.47 Å². The van der Waals surface area contributed by atoms with Crippen molar-refractivity contribution >= 4 is 25.3 Å². The summed E-state index contributed by atoms with van der Waals surface area (Å²) in [6.07, 6.45) is 10.5. The average Bonchev–Trinajstić information content (AvgIpc) is 3.11. The monoisotopic (exact) mass is 385 g/mol. The maximum absolute atomic E-state index is 5.39. The number of allylic oxidation sites excluding steroid dienone is 6.